The summed E-state index contributed by atoms with van der Waals surface area (Å²) < 4.78 is 16.8. The molecule has 192 valence electrons. The van der Waals surface area contributed by atoms with Crippen LogP contribution < -0.4 is 15.5 Å². The van der Waals surface area contributed by atoms with Gasteiger partial charge in [-0.15, -0.1) is 0 Å². The number of amides is 1. The molecule has 1 aliphatic carbocycles. The normalized spacial score (nSPS) is 19.2. The van der Waals surface area contributed by atoms with E-state index in [1.807, 2.05) is 33.7 Å². The Kier molecular flexibility index (Phi) is 5.23. The van der Waals surface area contributed by atoms with Crippen molar-refractivity contribution in [3.05, 3.63) is 67.0 Å². The lowest BCUT2D eigenvalue weighted by atomic mass is 10.1. The first-order valence-corrected chi connectivity index (χ1v) is 12.3. The molecule has 7 rings (SSSR count). The Balaban J connectivity index is 1.22. The van der Waals surface area contributed by atoms with Gasteiger partial charge in [-0.2, -0.15) is 24.6 Å². The first-order valence-electron chi connectivity index (χ1n) is 12.3. The SMILES string of the molecule is O=C(Nc1ccc(F)nc1)[C@@H]1C[C@H](n2cncn2)CN1c1nc(Nc2cc(C3CC3)[nH]n2)n2cccc2n1. The molecule has 2 fully saturated rings. The van der Waals surface area contributed by atoms with Crippen LogP contribution in [0.2, 0.25) is 0 Å². The van der Waals surface area contributed by atoms with Crippen LogP contribution in [0.1, 0.15) is 36.9 Å². The number of aromatic nitrogens is 9. The van der Waals surface area contributed by atoms with Gasteiger partial charge in [0, 0.05) is 36.8 Å². The highest BCUT2D eigenvalue weighted by Gasteiger charge is 2.40. The molecule has 38 heavy (non-hydrogen) atoms. The number of anilines is 4. The number of hydrogen-bond acceptors (Lipinski definition) is 9. The number of pyridine rings is 1. The van der Waals surface area contributed by atoms with E-state index in [4.69, 9.17) is 9.97 Å². The second-order valence-electron chi connectivity index (χ2n) is 9.48. The zero-order chi connectivity index (χ0) is 25.6. The number of fused-ring (bicyclic) bond motifs is 1. The van der Waals surface area contributed by atoms with Crippen LogP contribution >= 0.6 is 0 Å². The minimum Gasteiger partial charge on any atom is -0.326 e. The average Bonchev–Trinajstić information content (AvgIpc) is 3.39. The van der Waals surface area contributed by atoms with Crippen LogP contribution in [0.25, 0.3) is 5.65 Å². The molecule has 0 radical (unpaired) electrons. The Hall–Kier alpha value is -4.88. The number of nitrogens with one attached hydrogen (secondary N) is 3. The molecule has 1 saturated heterocycles. The molecule has 13 nitrogen and oxygen atoms in total. The van der Waals surface area contributed by atoms with E-state index in [2.05, 4.69) is 35.9 Å². The predicted molar refractivity (Wildman–Crippen MR) is 134 cm³/mol. The van der Waals surface area contributed by atoms with Crippen LogP contribution in [0.15, 0.2) is 55.4 Å². The minimum atomic E-state index is -0.619. The van der Waals surface area contributed by atoms with Crippen molar-refractivity contribution in [3.63, 3.8) is 0 Å². The van der Waals surface area contributed by atoms with Crippen LogP contribution in [0.4, 0.5) is 27.8 Å². The minimum absolute atomic E-state index is 0.130. The summed E-state index contributed by atoms with van der Waals surface area (Å²) in [6, 6.07) is 7.68. The Morgan fingerprint density at radius 2 is 2.11 bits per heavy atom. The number of carbonyl (C=O) groups is 1. The highest BCUT2D eigenvalue weighted by molar-refractivity contribution is 5.97. The number of aromatic amines is 1. The van der Waals surface area contributed by atoms with Gasteiger partial charge in [-0.3, -0.25) is 14.3 Å². The summed E-state index contributed by atoms with van der Waals surface area (Å²) in [6.45, 7) is 0.438. The number of hydrogen-bond donors (Lipinski definition) is 3. The number of halogens is 1. The summed E-state index contributed by atoms with van der Waals surface area (Å²) in [6.07, 6.45) is 9.03. The van der Waals surface area contributed by atoms with E-state index in [1.54, 1.807) is 11.0 Å². The molecule has 2 aliphatic rings. The van der Waals surface area contributed by atoms with Crippen LogP contribution in [-0.2, 0) is 4.79 Å². The average molecular weight is 515 g/mol. The molecular weight excluding hydrogens is 491 g/mol. The van der Waals surface area contributed by atoms with Crippen molar-refractivity contribution in [1.82, 2.24) is 44.3 Å². The molecule has 3 N–H and O–H groups in total. The Labute approximate surface area is 215 Å². The summed E-state index contributed by atoms with van der Waals surface area (Å²) in [5.74, 6) is 1.21. The summed E-state index contributed by atoms with van der Waals surface area (Å²) in [5.41, 5.74) is 2.17. The van der Waals surface area contributed by atoms with Crippen molar-refractivity contribution < 1.29 is 9.18 Å². The van der Waals surface area contributed by atoms with E-state index in [9.17, 15) is 9.18 Å². The molecule has 1 saturated carbocycles. The van der Waals surface area contributed by atoms with Gasteiger partial charge in [0.2, 0.25) is 23.8 Å². The smallest absolute Gasteiger partial charge is 0.247 e. The maximum Gasteiger partial charge on any atom is 0.247 e. The fraction of sp³-hybridized carbons (Fsp3) is 0.292. The molecule has 0 aromatic carbocycles. The van der Waals surface area contributed by atoms with E-state index in [1.165, 1.54) is 37.5 Å². The highest BCUT2D eigenvalue weighted by atomic mass is 19.1. The third-order valence-corrected chi connectivity index (χ3v) is 6.87. The van der Waals surface area contributed by atoms with Gasteiger partial charge in [-0.1, -0.05) is 0 Å². The van der Waals surface area contributed by atoms with Crippen molar-refractivity contribution in [1.29, 1.82) is 0 Å². The second-order valence-corrected chi connectivity index (χ2v) is 9.48. The Morgan fingerprint density at radius 3 is 2.89 bits per heavy atom. The molecule has 5 aromatic rings. The summed E-state index contributed by atoms with van der Waals surface area (Å²) in [5, 5.41) is 17.9. The number of carbonyl (C=O) groups excluding carboxylic acids is 1. The molecule has 2 atom stereocenters. The van der Waals surface area contributed by atoms with Crippen LogP contribution in [0.3, 0.4) is 0 Å². The molecular formula is C24H23FN12O. The van der Waals surface area contributed by atoms with Gasteiger partial charge in [0.1, 0.15) is 24.3 Å². The van der Waals surface area contributed by atoms with Crippen molar-refractivity contribution in [2.24, 2.45) is 0 Å². The van der Waals surface area contributed by atoms with E-state index in [0.29, 0.717) is 47.9 Å². The monoisotopic (exact) mass is 514 g/mol. The number of nitrogens with zero attached hydrogens (tertiary/aromatic N) is 9. The van der Waals surface area contributed by atoms with E-state index >= 15 is 0 Å². The van der Waals surface area contributed by atoms with Crippen molar-refractivity contribution in [2.45, 2.75) is 37.3 Å². The van der Waals surface area contributed by atoms with E-state index in [-0.39, 0.29) is 11.9 Å². The standard InChI is InChI=1S/C24H23FN12O/c25-19-6-5-15(10-27-19)29-22(38)18-8-16(37-13-26-12-28-37)11-36(18)24-31-21-2-1-7-35(21)23(32-24)30-20-9-17(33-34-20)14-3-4-14/h1-2,5-7,9-10,12-14,16,18H,3-4,8,11H2,(H,29,38)(H2,30,31,32,33,34)/t16-,18-/m0/s1. The molecule has 0 bridgehead atoms. The molecule has 6 heterocycles. The lowest BCUT2D eigenvalue weighted by Crippen LogP contribution is -2.40. The topological polar surface area (TPSA) is 147 Å². The van der Waals surface area contributed by atoms with Crippen molar-refractivity contribution >= 4 is 35.0 Å². The first-order chi connectivity index (χ1) is 18.6. The van der Waals surface area contributed by atoms with Gasteiger partial charge >= 0.3 is 0 Å². The quantitative estimate of drug-likeness (QED) is 0.279. The van der Waals surface area contributed by atoms with Crippen molar-refractivity contribution in [2.75, 3.05) is 22.1 Å². The third kappa shape index (κ3) is 4.19. The highest BCUT2D eigenvalue weighted by Crippen LogP contribution is 2.39. The van der Waals surface area contributed by atoms with Gasteiger partial charge in [0.25, 0.3) is 0 Å². The Bertz CT molecular complexity index is 1590. The van der Waals surface area contributed by atoms with Gasteiger partial charge < -0.3 is 15.5 Å². The van der Waals surface area contributed by atoms with Crippen LogP contribution in [0.5, 0.6) is 0 Å². The Morgan fingerprint density at radius 1 is 1.18 bits per heavy atom. The van der Waals surface area contributed by atoms with E-state index < -0.39 is 12.0 Å². The summed E-state index contributed by atoms with van der Waals surface area (Å²) >= 11 is 0. The summed E-state index contributed by atoms with van der Waals surface area (Å²) in [7, 11) is 0. The zero-order valence-corrected chi connectivity index (χ0v) is 20.1. The maximum atomic E-state index is 13.5. The summed E-state index contributed by atoms with van der Waals surface area (Å²) in [4.78, 5) is 32.6. The third-order valence-electron chi connectivity index (χ3n) is 6.87. The molecule has 5 aromatic heterocycles. The largest absolute Gasteiger partial charge is 0.326 e. The molecule has 0 spiro atoms. The number of H-pyrrole nitrogens is 1. The van der Waals surface area contributed by atoms with Crippen LogP contribution in [0, 0.1) is 5.95 Å². The molecule has 1 amide bonds. The van der Waals surface area contributed by atoms with Gasteiger partial charge in [-0.25, -0.2) is 14.6 Å². The van der Waals surface area contributed by atoms with Crippen LogP contribution in [-0.4, -0.2) is 62.8 Å². The number of rotatable bonds is 7. The van der Waals surface area contributed by atoms with Gasteiger partial charge in [0.05, 0.1) is 17.9 Å². The lowest BCUT2D eigenvalue weighted by Gasteiger charge is -2.24. The van der Waals surface area contributed by atoms with Crippen molar-refractivity contribution in [3.8, 4) is 0 Å². The zero-order valence-electron chi connectivity index (χ0n) is 20.1. The first kappa shape index (κ1) is 22.3. The van der Waals surface area contributed by atoms with Gasteiger partial charge in [-0.05, 0) is 37.1 Å². The lowest BCUT2D eigenvalue weighted by molar-refractivity contribution is -0.117. The van der Waals surface area contributed by atoms with Gasteiger partial charge in [0.15, 0.2) is 5.82 Å². The maximum absolute atomic E-state index is 13.5. The molecule has 0 unspecified atom stereocenters. The second kappa shape index (κ2) is 8.90. The van der Waals surface area contributed by atoms with E-state index in [0.717, 1.165) is 5.69 Å². The molecule has 14 heteroatoms. The predicted octanol–water partition coefficient (Wildman–Crippen LogP) is 2.66. The molecule has 1 aliphatic heterocycles. The fourth-order valence-electron chi connectivity index (χ4n) is 4.81. The fourth-order valence-corrected chi connectivity index (χ4v) is 4.81.